The SMILES string of the molecule is CCCOc1cccc2c1C(=O)N(N1CCC1)C2=O. The van der Waals surface area contributed by atoms with Crippen LogP contribution in [-0.4, -0.2) is 41.5 Å². The first-order valence-electron chi connectivity index (χ1n) is 6.63. The third kappa shape index (κ3) is 1.81. The summed E-state index contributed by atoms with van der Waals surface area (Å²) in [5, 5.41) is 3.04. The van der Waals surface area contributed by atoms with Crippen LogP contribution in [0.5, 0.6) is 5.75 Å². The molecule has 0 bridgehead atoms. The fourth-order valence-corrected chi connectivity index (χ4v) is 2.33. The summed E-state index contributed by atoms with van der Waals surface area (Å²) < 4.78 is 5.58. The first kappa shape index (κ1) is 12.2. The number of fused-ring (bicyclic) bond motifs is 1. The molecule has 100 valence electrons. The molecule has 0 N–H and O–H groups in total. The molecule has 3 rings (SSSR count). The summed E-state index contributed by atoms with van der Waals surface area (Å²) in [5.41, 5.74) is 0.860. The van der Waals surface area contributed by atoms with Gasteiger partial charge >= 0.3 is 0 Å². The quantitative estimate of drug-likeness (QED) is 0.773. The Hall–Kier alpha value is -1.88. The smallest absolute Gasteiger partial charge is 0.280 e. The van der Waals surface area contributed by atoms with E-state index in [1.54, 1.807) is 23.2 Å². The molecule has 1 aromatic rings. The van der Waals surface area contributed by atoms with Gasteiger partial charge in [-0.3, -0.25) is 9.59 Å². The van der Waals surface area contributed by atoms with Crippen molar-refractivity contribution in [1.82, 2.24) is 10.0 Å². The lowest BCUT2D eigenvalue weighted by molar-refractivity contribution is -0.0284. The van der Waals surface area contributed by atoms with Crippen molar-refractivity contribution in [3.05, 3.63) is 29.3 Å². The molecule has 2 amide bonds. The predicted octanol–water partition coefficient (Wildman–Crippen LogP) is 1.69. The van der Waals surface area contributed by atoms with Crippen molar-refractivity contribution in [3.63, 3.8) is 0 Å². The average molecular weight is 260 g/mol. The zero-order chi connectivity index (χ0) is 13.4. The van der Waals surface area contributed by atoms with E-state index in [-0.39, 0.29) is 11.8 Å². The number of benzene rings is 1. The number of nitrogens with zero attached hydrogens (tertiary/aromatic N) is 2. The van der Waals surface area contributed by atoms with Crippen LogP contribution in [0.4, 0.5) is 0 Å². The summed E-state index contributed by atoms with van der Waals surface area (Å²) in [6.07, 6.45) is 1.88. The summed E-state index contributed by atoms with van der Waals surface area (Å²) in [7, 11) is 0. The van der Waals surface area contributed by atoms with E-state index in [4.69, 9.17) is 4.74 Å². The maximum absolute atomic E-state index is 12.4. The number of hydrazine groups is 1. The molecule has 0 unspecified atom stereocenters. The van der Waals surface area contributed by atoms with Gasteiger partial charge in [-0.05, 0) is 25.0 Å². The maximum atomic E-state index is 12.4. The number of imide groups is 1. The van der Waals surface area contributed by atoms with Gasteiger partial charge < -0.3 is 4.74 Å². The summed E-state index contributed by atoms with van der Waals surface area (Å²) >= 11 is 0. The van der Waals surface area contributed by atoms with E-state index in [2.05, 4.69) is 0 Å². The Balaban J connectivity index is 1.96. The lowest BCUT2D eigenvalue weighted by Crippen LogP contribution is -2.53. The minimum Gasteiger partial charge on any atom is -0.493 e. The molecule has 2 aliphatic heterocycles. The third-order valence-electron chi connectivity index (χ3n) is 3.43. The molecule has 1 aromatic carbocycles. The van der Waals surface area contributed by atoms with E-state index in [0.29, 0.717) is 23.5 Å². The van der Waals surface area contributed by atoms with Crippen LogP contribution < -0.4 is 4.74 Å². The number of rotatable bonds is 4. The van der Waals surface area contributed by atoms with Crippen LogP contribution in [0.25, 0.3) is 0 Å². The molecule has 5 nitrogen and oxygen atoms in total. The second-order valence-corrected chi connectivity index (χ2v) is 4.76. The second-order valence-electron chi connectivity index (χ2n) is 4.76. The lowest BCUT2D eigenvalue weighted by Gasteiger charge is -2.36. The normalized spacial score (nSPS) is 18.5. The number of carbonyl (C=O) groups excluding carboxylic acids is 2. The van der Waals surface area contributed by atoms with Gasteiger partial charge in [0.25, 0.3) is 11.8 Å². The van der Waals surface area contributed by atoms with E-state index < -0.39 is 0 Å². The summed E-state index contributed by atoms with van der Waals surface area (Å²) in [4.78, 5) is 24.7. The molecule has 0 aliphatic carbocycles. The van der Waals surface area contributed by atoms with Crippen molar-refractivity contribution < 1.29 is 14.3 Å². The van der Waals surface area contributed by atoms with E-state index >= 15 is 0 Å². The topological polar surface area (TPSA) is 49.9 Å². The molecule has 0 radical (unpaired) electrons. The van der Waals surface area contributed by atoms with Crippen molar-refractivity contribution >= 4 is 11.8 Å². The Labute approximate surface area is 111 Å². The zero-order valence-corrected chi connectivity index (χ0v) is 10.9. The second kappa shape index (κ2) is 4.66. The summed E-state index contributed by atoms with van der Waals surface area (Å²) in [5.74, 6) is 0.0220. The van der Waals surface area contributed by atoms with Gasteiger partial charge in [-0.25, -0.2) is 10.0 Å². The molecule has 2 heterocycles. The molecular formula is C14H16N2O3. The molecule has 0 aromatic heterocycles. The Kier molecular flexibility index (Phi) is 2.98. The summed E-state index contributed by atoms with van der Waals surface area (Å²) in [6.45, 7) is 4.07. The molecule has 5 heteroatoms. The lowest BCUT2D eigenvalue weighted by atomic mass is 10.1. The van der Waals surface area contributed by atoms with Gasteiger partial charge in [0.15, 0.2) is 0 Å². The molecule has 19 heavy (non-hydrogen) atoms. The molecule has 0 saturated carbocycles. The standard InChI is InChI=1S/C14H16N2O3/c1-2-9-19-11-6-3-5-10-12(11)14(18)16(13(10)17)15-7-4-8-15/h3,5-6H,2,4,7-9H2,1H3. The summed E-state index contributed by atoms with van der Waals surface area (Å²) in [6, 6.07) is 5.20. The first-order valence-corrected chi connectivity index (χ1v) is 6.63. The van der Waals surface area contributed by atoms with Crippen LogP contribution in [0.15, 0.2) is 18.2 Å². The fourth-order valence-electron chi connectivity index (χ4n) is 2.33. The number of amides is 2. The van der Waals surface area contributed by atoms with Crippen molar-refractivity contribution in [2.75, 3.05) is 19.7 Å². The molecule has 0 spiro atoms. The first-order chi connectivity index (χ1) is 9.24. The highest BCUT2D eigenvalue weighted by atomic mass is 16.5. The number of carbonyl (C=O) groups is 2. The van der Waals surface area contributed by atoms with Gasteiger partial charge in [-0.1, -0.05) is 13.0 Å². The van der Waals surface area contributed by atoms with Crippen LogP contribution >= 0.6 is 0 Å². The van der Waals surface area contributed by atoms with Crippen LogP contribution in [0, 0.1) is 0 Å². The molecular weight excluding hydrogens is 244 g/mol. The number of hydrogen-bond donors (Lipinski definition) is 0. The third-order valence-corrected chi connectivity index (χ3v) is 3.43. The molecule has 0 atom stereocenters. The highest BCUT2D eigenvalue weighted by Gasteiger charge is 2.42. The van der Waals surface area contributed by atoms with Crippen LogP contribution in [0.3, 0.4) is 0 Å². The predicted molar refractivity (Wildman–Crippen MR) is 68.9 cm³/mol. The molecule has 1 fully saturated rings. The highest BCUT2D eigenvalue weighted by molar-refractivity contribution is 6.22. The van der Waals surface area contributed by atoms with Crippen molar-refractivity contribution in [2.45, 2.75) is 19.8 Å². The molecule has 1 saturated heterocycles. The molecule has 2 aliphatic rings. The van der Waals surface area contributed by atoms with E-state index in [1.165, 1.54) is 5.01 Å². The van der Waals surface area contributed by atoms with E-state index in [9.17, 15) is 9.59 Å². The van der Waals surface area contributed by atoms with Gasteiger partial charge in [-0.2, -0.15) is 0 Å². The van der Waals surface area contributed by atoms with Gasteiger partial charge in [0.2, 0.25) is 0 Å². The zero-order valence-electron chi connectivity index (χ0n) is 10.9. The van der Waals surface area contributed by atoms with E-state index in [0.717, 1.165) is 25.9 Å². The Morgan fingerprint density at radius 1 is 1.21 bits per heavy atom. The Morgan fingerprint density at radius 3 is 2.63 bits per heavy atom. The minimum atomic E-state index is -0.258. The van der Waals surface area contributed by atoms with Gasteiger partial charge in [0, 0.05) is 13.1 Å². The van der Waals surface area contributed by atoms with Crippen LogP contribution in [0.1, 0.15) is 40.5 Å². The number of hydrogen-bond acceptors (Lipinski definition) is 4. The van der Waals surface area contributed by atoms with Crippen molar-refractivity contribution in [1.29, 1.82) is 0 Å². The van der Waals surface area contributed by atoms with Gasteiger partial charge in [-0.15, -0.1) is 0 Å². The van der Waals surface area contributed by atoms with Gasteiger partial charge in [0.05, 0.1) is 17.7 Å². The van der Waals surface area contributed by atoms with E-state index in [1.807, 2.05) is 6.92 Å². The monoisotopic (exact) mass is 260 g/mol. The van der Waals surface area contributed by atoms with Crippen LogP contribution in [-0.2, 0) is 0 Å². The van der Waals surface area contributed by atoms with Crippen molar-refractivity contribution in [3.8, 4) is 5.75 Å². The largest absolute Gasteiger partial charge is 0.493 e. The average Bonchev–Trinajstić information content (AvgIpc) is 2.61. The minimum absolute atomic E-state index is 0.235. The number of ether oxygens (including phenoxy) is 1. The van der Waals surface area contributed by atoms with Crippen molar-refractivity contribution in [2.24, 2.45) is 0 Å². The fraction of sp³-hybridized carbons (Fsp3) is 0.429. The Morgan fingerprint density at radius 2 is 2.00 bits per heavy atom. The van der Waals surface area contributed by atoms with Crippen LogP contribution in [0.2, 0.25) is 0 Å². The highest BCUT2D eigenvalue weighted by Crippen LogP contribution is 2.33. The maximum Gasteiger partial charge on any atom is 0.280 e. The van der Waals surface area contributed by atoms with Gasteiger partial charge in [0.1, 0.15) is 5.75 Å². The Bertz CT molecular complexity index is 537.